The van der Waals surface area contributed by atoms with Crippen molar-refractivity contribution < 1.29 is 19.7 Å². The highest BCUT2D eigenvalue weighted by Crippen LogP contribution is 2.53. The summed E-state index contributed by atoms with van der Waals surface area (Å²) in [6.45, 7) is 3.50. The number of benzene rings is 1. The number of nitrogens with zero attached hydrogens (tertiary/aromatic N) is 1. The average Bonchev–Trinajstić information content (AvgIpc) is 2.90. The van der Waals surface area contributed by atoms with Gasteiger partial charge < -0.3 is 14.9 Å². The van der Waals surface area contributed by atoms with Crippen molar-refractivity contribution in [2.24, 2.45) is 0 Å². The number of carbonyl (C=O) groups is 1. The van der Waals surface area contributed by atoms with Crippen LogP contribution in [0.4, 0.5) is 0 Å². The summed E-state index contributed by atoms with van der Waals surface area (Å²) in [6, 6.07) is 7.25. The van der Waals surface area contributed by atoms with E-state index in [0.717, 1.165) is 11.3 Å². The van der Waals surface area contributed by atoms with E-state index < -0.39 is 16.1 Å². The maximum Gasteiger partial charge on any atom is 0.365 e. The van der Waals surface area contributed by atoms with E-state index in [9.17, 15) is 15.0 Å². The molecule has 116 valence electrons. The highest BCUT2D eigenvalue weighted by molar-refractivity contribution is 9.10. The Morgan fingerprint density at radius 3 is 2.77 bits per heavy atom. The lowest BCUT2D eigenvalue weighted by atomic mass is 9.93. The van der Waals surface area contributed by atoms with Gasteiger partial charge >= 0.3 is 5.97 Å². The predicted molar refractivity (Wildman–Crippen MR) is 86.7 cm³/mol. The van der Waals surface area contributed by atoms with Crippen LogP contribution in [0.2, 0.25) is 0 Å². The zero-order chi connectivity index (χ0) is 16.1. The Bertz CT molecular complexity index is 758. The van der Waals surface area contributed by atoms with Crippen LogP contribution in [-0.4, -0.2) is 25.7 Å². The molecule has 3 rings (SSSR count). The second-order valence-electron chi connectivity index (χ2n) is 5.25. The first-order chi connectivity index (χ1) is 10.3. The van der Waals surface area contributed by atoms with Crippen LogP contribution in [0.15, 0.2) is 24.3 Å². The van der Waals surface area contributed by atoms with Gasteiger partial charge in [-0.2, -0.15) is 0 Å². The minimum atomic E-state index is -1.43. The molecule has 2 atom stereocenters. The molecule has 5 nitrogen and oxygen atoms in total. The summed E-state index contributed by atoms with van der Waals surface area (Å²) in [7, 11) is 0. The number of ether oxygens (including phenoxy) is 1. The molecule has 0 aliphatic carbocycles. The third kappa shape index (κ3) is 2.07. The Labute approximate surface area is 139 Å². The topological polar surface area (TPSA) is 79.7 Å². The number of hydrogen-bond donors (Lipinski definition) is 2. The summed E-state index contributed by atoms with van der Waals surface area (Å²) >= 11 is 4.49. The van der Waals surface area contributed by atoms with Gasteiger partial charge in [0.15, 0.2) is 4.51 Å². The number of aromatic carboxylic acids is 1. The lowest BCUT2D eigenvalue weighted by molar-refractivity contribution is -0.0671. The van der Waals surface area contributed by atoms with E-state index >= 15 is 0 Å². The number of rotatable bonds is 2. The summed E-state index contributed by atoms with van der Waals surface area (Å²) in [5.74, 6) is -0.550. The van der Waals surface area contributed by atoms with Gasteiger partial charge in [0.2, 0.25) is 5.01 Å². The molecule has 1 aromatic heterocycles. The van der Waals surface area contributed by atoms with Gasteiger partial charge in [0.25, 0.3) is 0 Å². The van der Waals surface area contributed by atoms with Gasteiger partial charge in [-0.05, 0) is 41.4 Å². The molecule has 1 aliphatic rings. The molecule has 2 heterocycles. The fourth-order valence-corrected chi connectivity index (χ4v) is 4.07. The summed E-state index contributed by atoms with van der Waals surface area (Å²) < 4.78 is 4.97. The van der Waals surface area contributed by atoms with Crippen LogP contribution in [0.5, 0.6) is 5.75 Å². The SMILES string of the molecule is CCC1(Br)Oc2ccccc2-c2nc(C(=O)O)sc2C1(C)O. The Kier molecular flexibility index (Phi) is 3.54. The number of carboxylic acid groups (broad SMARTS) is 1. The molecule has 0 bridgehead atoms. The van der Waals surface area contributed by atoms with E-state index in [-0.39, 0.29) is 5.01 Å². The molecule has 1 aromatic carbocycles. The molecule has 7 heteroatoms. The van der Waals surface area contributed by atoms with Gasteiger partial charge in [0.1, 0.15) is 11.4 Å². The lowest BCUT2D eigenvalue weighted by Crippen LogP contribution is -2.48. The molecule has 0 fully saturated rings. The van der Waals surface area contributed by atoms with Crippen molar-refractivity contribution in [2.75, 3.05) is 0 Å². The van der Waals surface area contributed by atoms with Crippen LogP contribution >= 0.6 is 27.3 Å². The minimum Gasteiger partial charge on any atom is -0.476 e. The van der Waals surface area contributed by atoms with Crippen molar-refractivity contribution in [3.63, 3.8) is 0 Å². The number of fused-ring (bicyclic) bond motifs is 3. The fourth-order valence-electron chi connectivity index (χ4n) is 2.53. The molecule has 0 saturated heterocycles. The number of aromatic nitrogens is 1. The van der Waals surface area contributed by atoms with Crippen LogP contribution in [0, 0.1) is 0 Å². The molecular weight excluding hydrogens is 370 g/mol. The standard InChI is InChI=1S/C15H14BrNO4S/c1-3-15(16)14(2,20)11-10(17-12(22-11)13(18)19)8-6-4-5-7-9(8)21-15/h4-7,20H,3H2,1-2H3,(H,18,19). The molecule has 2 N–H and O–H groups in total. The first-order valence-corrected chi connectivity index (χ1v) is 8.35. The van der Waals surface area contributed by atoms with E-state index in [1.807, 2.05) is 25.1 Å². The van der Waals surface area contributed by atoms with Gasteiger partial charge in [-0.25, -0.2) is 9.78 Å². The molecule has 0 radical (unpaired) electrons. The monoisotopic (exact) mass is 383 g/mol. The van der Waals surface area contributed by atoms with Crippen LogP contribution in [0.3, 0.4) is 0 Å². The van der Waals surface area contributed by atoms with Crippen LogP contribution < -0.4 is 4.74 Å². The highest BCUT2D eigenvalue weighted by Gasteiger charge is 2.52. The smallest absolute Gasteiger partial charge is 0.365 e. The van der Waals surface area contributed by atoms with Crippen molar-refractivity contribution in [1.82, 2.24) is 4.98 Å². The van der Waals surface area contributed by atoms with Crippen molar-refractivity contribution in [3.05, 3.63) is 34.2 Å². The van der Waals surface area contributed by atoms with E-state index in [1.165, 1.54) is 0 Å². The third-order valence-electron chi connectivity index (χ3n) is 3.85. The van der Waals surface area contributed by atoms with Crippen LogP contribution in [-0.2, 0) is 5.60 Å². The second-order valence-corrected chi connectivity index (χ2v) is 7.53. The molecular formula is C15H14BrNO4S. The zero-order valence-corrected chi connectivity index (χ0v) is 14.4. The molecule has 0 saturated carbocycles. The normalized spacial score (nSPS) is 26.5. The molecule has 2 unspecified atom stereocenters. The number of hydrogen-bond acceptors (Lipinski definition) is 5. The Balaban J connectivity index is 2.36. The Morgan fingerprint density at radius 2 is 2.14 bits per heavy atom. The van der Waals surface area contributed by atoms with Crippen molar-refractivity contribution in [2.45, 2.75) is 30.4 Å². The quantitative estimate of drug-likeness (QED) is 0.774. The lowest BCUT2D eigenvalue weighted by Gasteiger charge is -2.38. The van der Waals surface area contributed by atoms with Crippen molar-refractivity contribution in [1.29, 1.82) is 0 Å². The number of thiazole rings is 1. The zero-order valence-electron chi connectivity index (χ0n) is 12.0. The van der Waals surface area contributed by atoms with Gasteiger partial charge in [0.05, 0.1) is 10.6 Å². The minimum absolute atomic E-state index is 0.0482. The van der Waals surface area contributed by atoms with Gasteiger partial charge in [-0.15, -0.1) is 11.3 Å². The van der Waals surface area contributed by atoms with Gasteiger partial charge in [-0.3, -0.25) is 0 Å². The summed E-state index contributed by atoms with van der Waals surface area (Å²) in [4.78, 5) is 16.0. The largest absolute Gasteiger partial charge is 0.476 e. The molecule has 0 spiro atoms. The molecule has 22 heavy (non-hydrogen) atoms. The second kappa shape index (κ2) is 5.04. The predicted octanol–water partition coefficient (Wildman–Crippen LogP) is 3.61. The van der Waals surface area contributed by atoms with Crippen LogP contribution in [0.25, 0.3) is 11.3 Å². The van der Waals surface area contributed by atoms with E-state index in [2.05, 4.69) is 20.9 Å². The fraction of sp³-hybridized carbons (Fsp3) is 0.333. The molecule has 2 aromatic rings. The first kappa shape index (κ1) is 15.5. The van der Waals surface area contributed by atoms with Crippen molar-refractivity contribution >= 4 is 33.2 Å². The molecule has 0 amide bonds. The Hall–Kier alpha value is -1.44. The van der Waals surface area contributed by atoms with Crippen molar-refractivity contribution in [3.8, 4) is 17.0 Å². The van der Waals surface area contributed by atoms with Crippen LogP contribution in [0.1, 0.15) is 34.9 Å². The number of halogens is 1. The number of aliphatic hydroxyl groups is 1. The summed E-state index contributed by atoms with van der Waals surface area (Å²) in [5.41, 5.74) is -0.296. The number of carboxylic acids is 1. The number of para-hydroxylation sites is 1. The third-order valence-corrected chi connectivity index (χ3v) is 6.60. The maximum atomic E-state index is 11.3. The highest BCUT2D eigenvalue weighted by atomic mass is 79.9. The first-order valence-electron chi connectivity index (χ1n) is 6.74. The van der Waals surface area contributed by atoms with Gasteiger partial charge in [-0.1, -0.05) is 19.1 Å². The van der Waals surface area contributed by atoms with Gasteiger partial charge in [0, 0.05) is 5.56 Å². The number of alkyl halides is 1. The van der Waals surface area contributed by atoms with E-state index in [4.69, 9.17) is 4.74 Å². The average molecular weight is 384 g/mol. The summed E-state index contributed by atoms with van der Waals surface area (Å²) in [6.07, 6.45) is 0.480. The van der Waals surface area contributed by atoms with E-state index in [0.29, 0.717) is 28.3 Å². The Morgan fingerprint density at radius 1 is 1.45 bits per heavy atom. The summed E-state index contributed by atoms with van der Waals surface area (Å²) in [5, 5.41) is 20.3. The maximum absolute atomic E-state index is 11.3. The molecule has 1 aliphatic heterocycles. The van der Waals surface area contributed by atoms with E-state index in [1.54, 1.807) is 13.0 Å².